The minimum atomic E-state index is -0.136. The van der Waals surface area contributed by atoms with Crippen molar-refractivity contribution in [3.05, 3.63) is 62.8 Å². The fourth-order valence-corrected chi connectivity index (χ4v) is 1.90. The van der Waals surface area contributed by atoms with Gasteiger partial charge in [-0.05, 0) is 17.7 Å². The first-order valence-corrected chi connectivity index (χ1v) is 6.57. The fraction of sp³-hybridized carbons (Fsp3) is 0.333. The molecular formula is C15H17ClN2O. The average molecular weight is 277 g/mol. The third-order valence-corrected chi connectivity index (χ3v) is 3.10. The Morgan fingerprint density at radius 1 is 1.21 bits per heavy atom. The van der Waals surface area contributed by atoms with Gasteiger partial charge in [-0.15, -0.1) is 0 Å². The molecule has 100 valence electrons. The van der Waals surface area contributed by atoms with Crippen LogP contribution in [0.4, 0.5) is 0 Å². The van der Waals surface area contributed by atoms with Gasteiger partial charge in [0, 0.05) is 22.9 Å². The molecule has 4 heteroatoms. The molecule has 0 spiro atoms. The van der Waals surface area contributed by atoms with E-state index in [4.69, 9.17) is 11.6 Å². The van der Waals surface area contributed by atoms with E-state index in [1.54, 1.807) is 6.07 Å². The van der Waals surface area contributed by atoms with Crippen molar-refractivity contribution in [1.82, 2.24) is 9.97 Å². The van der Waals surface area contributed by atoms with Crippen LogP contribution in [0.3, 0.4) is 0 Å². The van der Waals surface area contributed by atoms with Gasteiger partial charge in [0.2, 0.25) is 0 Å². The molecule has 1 aromatic heterocycles. The molecule has 2 rings (SSSR count). The third kappa shape index (κ3) is 3.67. The van der Waals surface area contributed by atoms with Gasteiger partial charge in [-0.3, -0.25) is 4.79 Å². The monoisotopic (exact) mass is 276 g/mol. The van der Waals surface area contributed by atoms with Crippen molar-refractivity contribution in [3.8, 4) is 0 Å². The maximum atomic E-state index is 11.7. The largest absolute Gasteiger partial charge is 0.310 e. The second kappa shape index (κ2) is 5.17. The van der Waals surface area contributed by atoms with Crippen LogP contribution in [0.25, 0.3) is 0 Å². The first-order chi connectivity index (χ1) is 8.84. The highest BCUT2D eigenvalue weighted by Gasteiger charge is 2.17. The second-order valence-electron chi connectivity index (χ2n) is 5.63. The summed E-state index contributed by atoms with van der Waals surface area (Å²) in [5.41, 5.74) is 1.63. The first-order valence-electron chi connectivity index (χ1n) is 6.20. The SMILES string of the molecule is CC(C)(C)c1cc(=O)[nH]c(Cc2ccc(Cl)cc2)n1. The Labute approximate surface area is 117 Å². The van der Waals surface area contributed by atoms with E-state index >= 15 is 0 Å². The lowest BCUT2D eigenvalue weighted by molar-refractivity contribution is 0.561. The van der Waals surface area contributed by atoms with Gasteiger partial charge in [0.05, 0.1) is 5.69 Å². The standard InChI is InChI=1S/C15H17ClN2O/c1-15(2,3)12-9-14(19)18-13(17-12)8-10-4-6-11(16)7-5-10/h4-7,9H,8H2,1-3H3,(H,17,18,19). The Kier molecular flexibility index (Phi) is 3.76. The Morgan fingerprint density at radius 3 is 2.42 bits per heavy atom. The van der Waals surface area contributed by atoms with Gasteiger partial charge in [0.15, 0.2) is 0 Å². The molecule has 1 aromatic carbocycles. The van der Waals surface area contributed by atoms with Crippen LogP contribution in [0.15, 0.2) is 35.1 Å². The number of nitrogens with zero attached hydrogens (tertiary/aromatic N) is 1. The lowest BCUT2D eigenvalue weighted by Gasteiger charge is -2.17. The molecule has 3 nitrogen and oxygen atoms in total. The third-order valence-electron chi connectivity index (χ3n) is 2.84. The molecule has 19 heavy (non-hydrogen) atoms. The van der Waals surface area contributed by atoms with Gasteiger partial charge >= 0.3 is 0 Å². The van der Waals surface area contributed by atoms with Crippen molar-refractivity contribution in [2.45, 2.75) is 32.6 Å². The van der Waals surface area contributed by atoms with Crippen LogP contribution in [0.5, 0.6) is 0 Å². The minimum Gasteiger partial charge on any atom is -0.310 e. The number of aromatic nitrogens is 2. The zero-order valence-corrected chi connectivity index (χ0v) is 12.1. The normalized spacial score (nSPS) is 11.6. The Hall–Kier alpha value is -1.61. The van der Waals surface area contributed by atoms with Crippen LogP contribution in [0.2, 0.25) is 5.02 Å². The second-order valence-corrected chi connectivity index (χ2v) is 6.07. The van der Waals surface area contributed by atoms with E-state index in [2.05, 4.69) is 9.97 Å². The highest BCUT2D eigenvalue weighted by atomic mass is 35.5. The van der Waals surface area contributed by atoms with Crippen molar-refractivity contribution in [1.29, 1.82) is 0 Å². The molecule has 0 saturated carbocycles. The molecule has 0 unspecified atom stereocenters. The summed E-state index contributed by atoms with van der Waals surface area (Å²) in [6, 6.07) is 9.11. The van der Waals surface area contributed by atoms with E-state index in [-0.39, 0.29) is 11.0 Å². The number of H-pyrrole nitrogens is 1. The number of nitrogens with one attached hydrogen (secondary N) is 1. The van der Waals surface area contributed by atoms with Crippen LogP contribution in [-0.2, 0) is 11.8 Å². The first kappa shape index (κ1) is 13.8. The van der Waals surface area contributed by atoms with Gasteiger partial charge in [0.1, 0.15) is 5.82 Å². The molecule has 0 aliphatic heterocycles. The van der Waals surface area contributed by atoms with Crippen LogP contribution in [0, 0.1) is 0 Å². The molecule has 1 heterocycles. The molecule has 0 atom stereocenters. The van der Waals surface area contributed by atoms with E-state index < -0.39 is 0 Å². The van der Waals surface area contributed by atoms with E-state index in [9.17, 15) is 4.79 Å². The van der Waals surface area contributed by atoms with Gasteiger partial charge < -0.3 is 4.98 Å². The molecule has 0 radical (unpaired) electrons. The summed E-state index contributed by atoms with van der Waals surface area (Å²) >= 11 is 5.85. The van der Waals surface area contributed by atoms with Gasteiger partial charge in [-0.1, -0.05) is 44.5 Å². The molecule has 2 aromatic rings. The zero-order chi connectivity index (χ0) is 14.0. The fourth-order valence-electron chi connectivity index (χ4n) is 1.77. The lowest BCUT2D eigenvalue weighted by Crippen LogP contribution is -2.21. The van der Waals surface area contributed by atoms with Crippen molar-refractivity contribution in [2.24, 2.45) is 0 Å². The van der Waals surface area contributed by atoms with Crippen LogP contribution in [-0.4, -0.2) is 9.97 Å². The highest BCUT2D eigenvalue weighted by molar-refractivity contribution is 6.30. The maximum absolute atomic E-state index is 11.7. The summed E-state index contributed by atoms with van der Waals surface area (Å²) in [6.45, 7) is 6.13. The zero-order valence-electron chi connectivity index (χ0n) is 11.3. The summed E-state index contributed by atoms with van der Waals surface area (Å²) in [5, 5.41) is 0.702. The van der Waals surface area contributed by atoms with Crippen molar-refractivity contribution in [3.63, 3.8) is 0 Å². The van der Waals surface area contributed by atoms with Crippen molar-refractivity contribution in [2.75, 3.05) is 0 Å². The van der Waals surface area contributed by atoms with E-state index in [0.717, 1.165) is 11.3 Å². The maximum Gasteiger partial charge on any atom is 0.251 e. The van der Waals surface area contributed by atoms with E-state index in [1.807, 2.05) is 45.0 Å². The van der Waals surface area contributed by atoms with E-state index in [0.29, 0.717) is 17.3 Å². The quantitative estimate of drug-likeness (QED) is 0.915. The van der Waals surface area contributed by atoms with Crippen LogP contribution >= 0.6 is 11.6 Å². The molecule has 0 amide bonds. The predicted molar refractivity (Wildman–Crippen MR) is 77.8 cm³/mol. The summed E-state index contributed by atoms with van der Waals surface area (Å²) in [6.07, 6.45) is 0.594. The summed E-state index contributed by atoms with van der Waals surface area (Å²) in [5.74, 6) is 0.680. The molecule has 0 bridgehead atoms. The van der Waals surface area contributed by atoms with Gasteiger partial charge in [-0.25, -0.2) is 4.98 Å². The number of halogens is 1. The molecule has 0 saturated heterocycles. The molecule has 1 N–H and O–H groups in total. The molecular weight excluding hydrogens is 260 g/mol. The van der Waals surface area contributed by atoms with Crippen molar-refractivity contribution < 1.29 is 0 Å². The number of hydrogen-bond donors (Lipinski definition) is 1. The lowest BCUT2D eigenvalue weighted by atomic mass is 9.92. The Bertz CT molecular complexity index is 624. The summed E-state index contributed by atoms with van der Waals surface area (Å²) < 4.78 is 0. The van der Waals surface area contributed by atoms with E-state index in [1.165, 1.54) is 0 Å². The summed E-state index contributed by atoms with van der Waals surface area (Å²) in [7, 11) is 0. The molecule has 0 fully saturated rings. The minimum absolute atomic E-state index is 0.108. The number of aromatic amines is 1. The highest BCUT2D eigenvalue weighted by Crippen LogP contribution is 2.19. The molecule has 0 aliphatic rings. The van der Waals surface area contributed by atoms with Crippen LogP contribution in [0.1, 0.15) is 37.9 Å². The summed E-state index contributed by atoms with van der Waals surface area (Å²) in [4.78, 5) is 19.0. The molecule has 0 aliphatic carbocycles. The smallest absolute Gasteiger partial charge is 0.251 e. The Balaban J connectivity index is 2.33. The number of benzene rings is 1. The number of hydrogen-bond acceptors (Lipinski definition) is 2. The van der Waals surface area contributed by atoms with Crippen molar-refractivity contribution >= 4 is 11.6 Å². The van der Waals surface area contributed by atoms with Gasteiger partial charge in [0.25, 0.3) is 5.56 Å². The average Bonchev–Trinajstić information content (AvgIpc) is 2.30. The number of rotatable bonds is 2. The van der Waals surface area contributed by atoms with Gasteiger partial charge in [-0.2, -0.15) is 0 Å². The predicted octanol–water partition coefficient (Wildman–Crippen LogP) is 3.31. The van der Waals surface area contributed by atoms with Crippen LogP contribution < -0.4 is 5.56 Å². The Morgan fingerprint density at radius 2 is 1.84 bits per heavy atom. The topological polar surface area (TPSA) is 45.8 Å².